The molecule has 8 heteroatoms. The topological polar surface area (TPSA) is 82.8 Å². The van der Waals surface area contributed by atoms with E-state index in [1.807, 2.05) is 42.5 Å². The summed E-state index contributed by atoms with van der Waals surface area (Å²) in [5.41, 5.74) is 15.4. The van der Waals surface area contributed by atoms with Crippen molar-refractivity contribution in [3.05, 3.63) is 65.0 Å². The van der Waals surface area contributed by atoms with Gasteiger partial charge in [-0.25, -0.2) is 9.97 Å². The fourth-order valence-electron chi connectivity index (χ4n) is 3.93. The van der Waals surface area contributed by atoms with Gasteiger partial charge >= 0.3 is 0 Å². The number of hydrogen-bond acceptors (Lipinski definition) is 5. The number of fused-ring (bicyclic) bond motifs is 1. The van der Waals surface area contributed by atoms with E-state index in [0.29, 0.717) is 27.6 Å². The van der Waals surface area contributed by atoms with E-state index in [0.717, 1.165) is 27.1 Å². The number of benzene rings is 2. The first-order valence-corrected chi connectivity index (χ1v) is 11.3. The third-order valence-electron chi connectivity index (χ3n) is 5.52. The number of nitrogens with zero attached hydrogens (tertiary/aromatic N) is 3. The number of aromatic nitrogens is 3. The van der Waals surface area contributed by atoms with Crippen molar-refractivity contribution in [1.29, 1.82) is 0 Å². The molecule has 160 valence electrons. The number of hydrogen-bond donors (Lipinski definition) is 3. The van der Waals surface area contributed by atoms with Gasteiger partial charge in [-0.3, -0.25) is 0 Å². The molecular formula is C23H23Cl2N5S. The molecule has 1 aliphatic rings. The molecule has 31 heavy (non-hydrogen) atoms. The maximum atomic E-state index is 6.19. The lowest BCUT2D eigenvalue weighted by atomic mass is 10.1. The number of rotatable bonds is 2. The van der Waals surface area contributed by atoms with Gasteiger partial charge in [-0.1, -0.05) is 54.2 Å². The van der Waals surface area contributed by atoms with Gasteiger partial charge in [-0.05, 0) is 42.7 Å². The van der Waals surface area contributed by atoms with Crippen molar-refractivity contribution in [3.8, 4) is 11.1 Å². The largest absolute Gasteiger partial charge is 0.398 e. The van der Waals surface area contributed by atoms with Crippen molar-refractivity contribution in [3.63, 3.8) is 0 Å². The van der Waals surface area contributed by atoms with Crippen LogP contribution in [-0.4, -0.2) is 14.5 Å². The second-order valence-electron chi connectivity index (χ2n) is 7.53. The number of nitrogen functional groups attached to an aromatic ring is 2. The predicted molar refractivity (Wildman–Crippen MR) is 133 cm³/mol. The zero-order valence-electron chi connectivity index (χ0n) is 16.8. The number of anilines is 2. The Balaban J connectivity index is 0.000000245. The van der Waals surface area contributed by atoms with E-state index in [1.54, 1.807) is 0 Å². The highest BCUT2D eigenvalue weighted by atomic mass is 35.5. The summed E-state index contributed by atoms with van der Waals surface area (Å²) in [7, 11) is 0. The van der Waals surface area contributed by atoms with Gasteiger partial charge in [0, 0.05) is 22.7 Å². The number of nitrogens with two attached hydrogens (primary N) is 2. The lowest BCUT2D eigenvalue weighted by Gasteiger charge is -2.12. The van der Waals surface area contributed by atoms with Crippen LogP contribution in [0.25, 0.3) is 22.2 Å². The Bertz CT molecular complexity index is 1200. The van der Waals surface area contributed by atoms with E-state index >= 15 is 0 Å². The van der Waals surface area contributed by atoms with Gasteiger partial charge < -0.3 is 16.0 Å². The molecule has 1 fully saturated rings. The van der Waals surface area contributed by atoms with Crippen molar-refractivity contribution in [1.82, 2.24) is 14.5 Å². The molecule has 4 aromatic rings. The Morgan fingerprint density at radius 3 is 2.35 bits per heavy atom. The summed E-state index contributed by atoms with van der Waals surface area (Å²) in [6, 6.07) is 13.6. The van der Waals surface area contributed by atoms with Gasteiger partial charge in [0.15, 0.2) is 0 Å². The van der Waals surface area contributed by atoms with Crippen molar-refractivity contribution in [2.24, 2.45) is 0 Å². The van der Waals surface area contributed by atoms with Crippen LogP contribution in [-0.2, 0) is 0 Å². The molecule has 0 unspecified atom stereocenters. The second kappa shape index (κ2) is 9.39. The molecule has 4 N–H and O–H groups in total. The third kappa shape index (κ3) is 4.61. The van der Waals surface area contributed by atoms with Crippen LogP contribution in [0.3, 0.4) is 0 Å². The summed E-state index contributed by atoms with van der Waals surface area (Å²) in [4.78, 5) is 9.48. The Morgan fingerprint density at radius 2 is 1.71 bits per heavy atom. The molecule has 2 aromatic carbocycles. The van der Waals surface area contributed by atoms with Crippen LogP contribution in [0.5, 0.6) is 0 Å². The molecular weight excluding hydrogens is 449 g/mol. The lowest BCUT2D eigenvalue weighted by molar-refractivity contribution is 0.532. The Morgan fingerprint density at radius 1 is 0.968 bits per heavy atom. The monoisotopic (exact) mass is 471 g/mol. The molecule has 5 rings (SSSR count). The molecule has 1 aliphatic carbocycles. The molecule has 0 aliphatic heterocycles. The van der Waals surface area contributed by atoms with E-state index in [9.17, 15) is 0 Å². The highest BCUT2D eigenvalue weighted by Gasteiger charge is 2.23. The van der Waals surface area contributed by atoms with Crippen LogP contribution in [0.15, 0.2) is 59.9 Å². The van der Waals surface area contributed by atoms with Crippen molar-refractivity contribution >= 4 is 58.4 Å². The fraction of sp³-hybridized carbons (Fsp3) is 0.217. The first kappa shape index (κ1) is 21.8. The Kier molecular flexibility index (Phi) is 6.60. The standard InChI is InChI=1S/C17H18ClN5.C6H5ClS/c18-13-7-10(5-6-14(13)19)12-8-23(11-3-1-2-4-11)17-15(12)16(20)21-9-22-17;7-5-3-1-2-4-6(5)8/h5-9,11H,1-4,19H2,(H2,20,21,22);1-4,8H. The van der Waals surface area contributed by atoms with Gasteiger partial charge in [0.1, 0.15) is 17.8 Å². The van der Waals surface area contributed by atoms with E-state index in [1.165, 1.54) is 32.0 Å². The molecule has 5 nitrogen and oxygen atoms in total. The maximum Gasteiger partial charge on any atom is 0.146 e. The average Bonchev–Trinajstić information content (AvgIpc) is 3.41. The molecule has 0 amide bonds. The summed E-state index contributed by atoms with van der Waals surface area (Å²) >= 11 is 15.9. The van der Waals surface area contributed by atoms with Crippen molar-refractivity contribution < 1.29 is 0 Å². The third-order valence-corrected chi connectivity index (χ3v) is 6.70. The summed E-state index contributed by atoms with van der Waals surface area (Å²) < 4.78 is 2.25. The van der Waals surface area contributed by atoms with Crippen molar-refractivity contribution in [2.75, 3.05) is 11.5 Å². The van der Waals surface area contributed by atoms with Gasteiger partial charge in [0.05, 0.1) is 21.1 Å². The van der Waals surface area contributed by atoms with Gasteiger partial charge in [-0.15, -0.1) is 12.6 Å². The smallest absolute Gasteiger partial charge is 0.146 e. The number of halogens is 2. The Hall–Kier alpha value is -2.41. The summed E-state index contributed by atoms with van der Waals surface area (Å²) in [5.74, 6) is 0.495. The van der Waals surface area contributed by atoms with Crippen LogP contribution >= 0.6 is 35.8 Å². The first-order valence-electron chi connectivity index (χ1n) is 10.1. The molecule has 2 aromatic heterocycles. The molecule has 0 saturated heterocycles. The van der Waals surface area contributed by atoms with E-state index in [-0.39, 0.29) is 0 Å². The van der Waals surface area contributed by atoms with Gasteiger partial charge in [-0.2, -0.15) is 0 Å². The maximum absolute atomic E-state index is 6.19. The van der Waals surface area contributed by atoms with Crippen molar-refractivity contribution in [2.45, 2.75) is 36.6 Å². The minimum atomic E-state index is 0.477. The fourth-order valence-corrected chi connectivity index (χ4v) is 4.41. The van der Waals surface area contributed by atoms with E-state index in [4.69, 9.17) is 34.7 Å². The van der Waals surface area contributed by atoms with E-state index in [2.05, 4.69) is 33.4 Å². The molecule has 1 saturated carbocycles. The summed E-state index contributed by atoms with van der Waals surface area (Å²) in [6.45, 7) is 0. The molecule has 0 atom stereocenters. The van der Waals surface area contributed by atoms with Gasteiger partial charge in [0.2, 0.25) is 0 Å². The average molecular weight is 472 g/mol. The zero-order chi connectivity index (χ0) is 22.0. The minimum Gasteiger partial charge on any atom is -0.398 e. The van der Waals surface area contributed by atoms with Crippen LogP contribution in [0.4, 0.5) is 11.5 Å². The van der Waals surface area contributed by atoms with Gasteiger partial charge in [0.25, 0.3) is 0 Å². The summed E-state index contributed by atoms with van der Waals surface area (Å²) in [6.07, 6.45) is 8.53. The quantitative estimate of drug-likeness (QED) is 0.225. The number of thiol groups is 1. The first-order chi connectivity index (χ1) is 15.0. The predicted octanol–water partition coefficient (Wildman–Crippen LogP) is 6.66. The molecule has 0 bridgehead atoms. The normalized spacial score (nSPS) is 13.9. The van der Waals surface area contributed by atoms with E-state index < -0.39 is 0 Å². The van der Waals surface area contributed by atoms with Crippen LogP contribution < -0.4 is 11.5 Å². The molecule has 0 radical (unpaired) electrons. The van der Waals surface area contributed by atoms with Crippen LogP contribution in [0, 0.1) is 0 Å². The second-order valence-corrected chi connectivity index (χ2v) is 8.83. The Labute approximate surface area is 196 Å². The summed E-state index contributed by atoms with van der Waals surface area (Å²) in [5, 5.41) is 2.13. The van der Waals surface area contributed by atoms with Crippen LogP contribution in [0.2, 0.25) is 10.0 Å². The lowest BCUT2D eigenvalue weighted by Crippen LogP contribution is -2.04. The highest BCUT2D eigenvalue weighted by Crippen LogP contribution is 2.39. The highest BCUT2D eigenvalue weighted by molar-refractivity contribution is 7.80. The molecule has 2 heterocycles. The van der Waals surface area contributed by atoms with Crippen LogP contribution in [0.1, 0.15) is 31.7 Å². The zero-order valence-corrected chi connectivity index (χ0v) is 19.2. The SMILES string of the molecule is Nc1ccc(-c2cn(C3CCCC3)c3ncnc(N)c23)cc1Cl.Sc1ccccc1Cl. The molecule has 0 spiro atoms. The minimum absolute atomic E-state index is 0.477.